The Bertz CT molecular complexity index is 268. The van der Waals surface area contributed by atoms with E-state index in [4.69, 9.17) is 27.9 Å². The predicted octanol–water partition coefficient (Wildman–Crippen LogP) is 1.81. The van der Waals surface area contributed by atoms with Gasteiger partial charge in [0.15, 0.2) is 4.84 Å². The Hall–Kier alpha value is -0.0300. The third-order valence-electron chi connectivity index (χ3n) is 3.26. The van der Waals surface area contributed by atoms with E-state index in [0.717, 1.165) is 25.7 Å². The van der Waals surface area contributed by atoms with Crippen molar-refractivity contribution < 1.29 is 9.53 Å². The Balaban J connectivity index is 1.99. The van der Waals surface area contributed by atoms with Crippen LogP contribution in [0.1, 0.15) is 32.1 Å². The summed E-state index contributed by atoms with van der Waals surface area (Å²) in [5.41, 5.74) is 2.44. The van der Waals surface area contributed by atoms with Crippen LogP contribution >= 0.6 is 23.2 Å². The van der Waals surface area contributed by atoms with Crippen molar-refractivity contribution in [3.63, 3.8) is 0 Å². The molecule has 0 bridgehead atoms. The minimum absolute atomic E-state index is 0.309. The summed E-state index contributed by atoms with van der Waals surface area (Å²) >= 11 is 11.0. The highest BCUT2D eigenvalue weighted by Crippen LogP contribution is 2.36. The molecule has 1 saturated heterocycles. The lowest BCUT2D eigenvalue weighted by atomic mass is 9.91. The van der Waals surface area contributed by atoms with Gasteiger partial charge in [0.1, 0.15) is 5.72 Å². The number of ether oxygens (including phenoxy) is 1. The first-order valence-corrected chi connectivity index (χ1v) is 6.52. The maximum atomic E-state index is 11.5. The van der Waals surface area contributed by atoms with Crippen LogP contribution < -0.4 is 5.43 Å². The molecule has 16 heavy (non-hydrogen) atoms. The molecule has 0 aromatic heterocycles. The molecule has 0 atom stereocenters. The van der Waals surface area contributed by atoms with Crippen molar-refractivity contribution in [1.29, 1.82) is 0 Å². The molecular formula is C10H16Cl2N2O2. The molecule has 92 valence electrons. The van der Waals surface area contributed by atoms with Gasteiger partial charge in [-0.3, -0.25) is 10.2 Å². The van der Waals surface area contributed by atoms with Gasteiger partial charge < -0.3 is 4.74 Å². The van der Waals surface area contributed by atoms with Crippen molar-refractivity contribution in [2.45, 2.75) is 42.7 Å². The summed E-state index contributed by atoms with van der Waals surface area (Å²) in [4.78, 5) is 10.4. The fraction of sp³-hybridized carbons (Fsp3) is 0.900. The summed E-state index contributed by atoms with van der Waals surface area (Å²) in [6, 6.07) is 0. The average molecular weight is 267 g/mol. The topological polar surface area (TPSA) is 41.6 Å². The van der Waals surface area contributed by atoms with Crippen molar-refractivity contribution in [2.75, 3.05) is 13.2 Å². The third-order valence-corrected chi connectivity index (χ3v) is 3.65. The monoisotopic (exact) mass is 266 g/mol. The summed E-state index contributed by atoms with van der Waals surface area (Å²) in [5.74, 6) is -0.376. The number of amides is 1. The number of rotatable bonds is 2. The second-order valence-electron chi connectivity index (χ2n) is 4.28. The summed E-state index contributed by atoms with van der Waals surface area (Å²) in [6.45, 7) is 1.35. The number of carbonyl (C=O) groups excluding carboxylic acids is 1. The zero-order valence-electron chi connectivity index (χ0n) is 9.05. The number of carbonyl (C=O) groups is 1. The summed E-state index contributed by atoms with van der Waals surface area (Å²) in [7, 11) is 0. The molecule has 4 nitrogen and oxygen atoms in total. The second kappa shape index (κ2) is 5.08. The lowest BCUT2D eigenvalue weighted by molar-refractivity contribution is -0.147. The van der Waals surface area contributed by atoms with Crippen molar-refractivity contribution in [2.24, 2.45) is 0 Å². The maximum absolute atomic E-state index is 11.5. The molecule has 0 aromatic rings. The van der Waals surface area contributed by atoms with Gasteiger partial charge in [-0.2, -0.15) is 5.01 Å². The first-order valence-electron chi connectivity index (χ1n) is 5.64. The Morgan fingerprint density at radius 3 is 2.62 bits per heavy atom. The van der Waals surface area contributed by atoms with E-state index in [9.17, 15) is 4.79 Å². The van der Waals surface area contributed by atoms with Crippen molar-refractivity contribution in [3.05, 3.63) is 0 Å². The third kappa shape index (κ3) is 2.45. The molecule has 1 spiro atoms. The zero-order valence-corrected chi connectivity index (χ0v) is 10.6. The molecule has 2 fully saturated rings. The van der Waals surface area contributed by atoms with E-state index < -0.39 is 4.84 Å². The van der Waals surface area contributed by atoms with Crippen molar-refractivity contribution in [1.82, 2.24) is 10.4 Å². The molecule has 0 aromatic carbocycles. The largest absolute Gasteiger partial charge is 0.357 e. The summed E-state index contributed by atoms with van der Waals surface area (Å²) in [5, 5.41) is 1.87. The molecular weight excluding hydrogens is 251 g/mol. The molecule has 1 N–H and O–H groups in total. The maximum Gasteiger partial charge on any atom is 0.267 e. The normalized spacial score (nSPS) is 25.2. The quantitative estimate of drug-likeness (QED) is 0.776. The number of halogens is 2. The van der Waals surface area contributed by atoms with Crippen molar-refractivity contribution >= 4 is 29.1 Å². The molecule has 0 radical (unpaired) electrons. The average Bonchev–Trinajstić information content (AvgIpc) is 2.62. The minimum atomic E-state index is -1.03. The molecule has 1 amide bonds. The fourth-order valence-electron chi connectivity index (χ4n) is 2.47. The number of nitrogens with zero attached hydrogens (tertiary/aromatic N) is 1. The van der Waals surface area contributed by atoms with Crippen LogP contribution in [0.5, 0.6) is 0 Å². The van der Waals surface area contributed by atoms with E-state index >= 15 is 0 Å². The van der Waals surface area contributed by atoms with Crippen LogP contribution in [-0.2, 0) is 9.53 Å². The van der Waals surface area contributed by atoms with Crippen LogP contribution in [0.4, 0.5) is 0 Å². The van der Waals surface area contributed by atoms with Gasteiger partial charge in [0.25, 0.3) is 5.91 Å². The van der Waals surface area contributed by atoms with Gasteiger partial charge in [-0.05, 0) is 25.7 Å². The van der Waals surface area contributed by atoms with Crippen LogP contribution in [-0.4, -0.2) is 34.6 Å². The van der Waals surface area contributed by atoms with Gasteiger partial charge in [-0.25, -0.2) is 0 Å². The van der Waals surface area contributed by atoms with E-state index in [1.807, 2.05) is 5.01 Å². The van der Waals surface area contributed by atoms with Gasteiger partial charge in [0, 0.05) is 6.54 Å². The fourth-order valence-corrected chi connectivity index (χ4v) is 2.56. The van der Waals surface area contributed by atoms with Crippen LogP contribution in [0.25, 0.3) is 0 Å². The van der Waals surface area contributed by atoms with E-state index in [1.165, 1.54) is 6.42 Å². The minimum Gasteiger partial charge on any atom is -0.357 e. The van der Waals surface area contributed by atoms with Gasteiger partial charge >= 0.3 is 0 Å². The number of nitrogens with one attached hydrogen (secondary N) is 1. The van der Waals surface area contributed by atoms with Gasteiger partial charge in [0.2, 0.25) is 0 Å². The lowest BCUT2D eigenvalue weighted by Crippen LogP contribution is -2.56. The molecule has 6 heteroatoms. The standard InChI is InChI=1S/C10H16Cl2N2O2/c11-8(12)9(15)13-14-6-7-16-10(14)4-2-1-3-5-10/h8H,1-7H2,(H,13,15). The highest BCUT2D eigenvalue weighted by molar-refractivity contribution is 6.53. The van der Waals surface area contributed by atoms with Crippen molar-refractivity contribution in [3.8, 4) is 0 Å². The van der Waals surface area contributed by atoms with E-state index in [0.29, 0.717) is 13.2 Å². The smallest absolute Gasteiger partial charge is 0.267 e. The Labute approximate surface area is 105 Å². The molecule has 2 aliphatic rings. The summed E-state index contributed by atoms with van der Waals surface area (Å²) in [6.07, 6.45) is 5.43. The molecule has 1 aliphatic carbocycles. The Kier molecular flexibility index (Phi) is 3.95. The Morgan fingerprint density at radius 2 is 2.00 bits per heavy atom. The van der Waals surface area contributed by atoms with E-state index in [1.54, 1.807) is 0 Å². The van der Waals surface area contributed by atoms with E-state index in [-0.39, 0.29) is 11.6 Å². The second-order valence-corrected chi connectivity index (χ2v) is 5.38. The number of hydrogen-bond acceptors (Lipinski definition) is 3. The lowest BCUT2D eigenvalue weighted by Gasteiger charge is -2.39. The molecule has 2 rings (SSSR count). The van der Waals surface area contributed by atoms with Crippen LogP contribution in [0.2, 0.25) is 0 Å². The van der Waals surface area contributed by atoms with Gasteiger partial charge in [0.05, 0.1) is 6.61 Å². The SMILES string of the molecule is O=C(NN1CCOC12CCCCC2)C(Cl)Cl. The number of alkyl halides is 2. The molecule has 1 saturated carbocycles. The molecule has 1 heterocycles. The molecule has 0 unspecified atom stereocenters. The highest BCUT2D eigenvalue weighted by atomic mass is 35.5. The van der Waals surface area contributed by atoms with Gasteiger partial charge in [-0.1, -0.05) is 29.6 Å². The van der Waals surface area contributed by atoms with Crippen LogP contribution in [0.15, 0.2) is 0 Å². The first-order chi connectivity index (χ1) is 7.64. The summed E-state index contributed by atoms with van der Waals surface area (Å²) < 4.78 is 5.80. The first kappa shape index (κ1) is 12.4. The Morgan fingerprint density at radius 1 is 1.31 bits per heavy atom. The molecule has 1 aliphatic heterocycles. The van der Waals surface area contributed by atoms with Crippen LogP contribution in [0, 0.1) is 0 Å². The number of hydrazine groups is 1. The van der Waals surface area contributed by atoms with Crippen LogP contribution in [0.3, 0.4) is 0 Å². The number of hydrogen-bond donors (Lipinski definition) is 1. The predicted molar refractivity (Wildman–Crippen MR) is 62.1 cm³/mol. The van der Waals surface area contributed by atoms with E-state index in [2.05, 4.69) is 5.43 Å². The highest BCUT2D eigenvalue weighted by Gasteiger charge is 2.44. The van der Waals surface area contributed by atoms with Gasteiger partial charge in [-0.15, -0.1) is 0 Å². The zero-order chi connectivity index (χ0) is 11.6.